The highest BCUT2D eigenvalue weighted by atomic mass is 16.5. The van der Waals surface area contributed by atoms with Gasteiger partial charge in [-0.05, 0) is 37.0 Å². The van der Waals surface area contributed by atoms with Gasteiger partial charge in [0.1, 0.15) is 5.75 Å². The molecule has 24 heavy (non-hydrogen) atoms. The lowest BCUT2D eigenvalue weighted by Gasteiger charge is -2.41. The number of carbonyl (C=O) groups excluding carboxylic acids is 1. The van der Waals surface area contributed by atoms with Crippen molar-refractivity contribution in [3.8, 4) is 5.75 Å². The Morgan fingerprint density at radius 1 is 1.42 bits per heavy atom. The zero-order valence-corrected chi connectivity index (χ0v) is 14.5. The van der Waals surface area contributed by atoms with Gasteiger partial charge in [0.15, 0.2) is 0 Å². The average Bonchev–Trinajstić information content (AvgIpc) is 2.59. The number of aliphatic hydroxyl groups is 2. The van der Waals surface area contributed by atoms with Crippen LogP contribution in [-0.4, -0.2) is 66.0 Å². The first kappa shape index (κ1) is 18.7. The number of methoxy groups -OCH3 is 1. The molecule has 1 aromatic rings. The quantitative estimate of drug-likeness (QED) is 0.678. The first-order valence-electron chi connectivity index (χ1n) is 8.49. The van der Waals surface area contributed by atoms with Crippen molar-refractivity contribution < 1.29 is 19.7 Å². The van der Waals surface area contributed by atoms with Crippen LogP contribution in [0, 0.1) is 0 Å². The molecular weight excluding hydrogens is 308 g/mol. The number of nitrogens with zero attached hydrogens (tertiary/aromatic N) is 1. The summed E-state index contributed by atoms with van der Waals surface area (Å²) in [6.07, 6.45) is 0.969. The van der Waals surface area contributed by atoms with Gasteiger partial charge in [-0.1, -0.05) is 19.1 Å². The second kappa shape index (κ2) is 8.46. The fourth-order valence-corrected chi connectivity index (χ4v) is 2.98. The molecule has 2 rings (SSSR count). The highest BCUT2D eigenvalue weighted by molar-refractivity contribution is 5.78. The molecule has 1 aromatic carbocycles. The zero-order chi connectivity index (χ0) is 17.6. The van der Waals surface area contributed by atoms with E-state index in [0.717, 1.165) is 17.7 Å². The maximum Gasteiger partial charge on any atom is 0.234 e. The Hall–Kier alpha value is -1.63. The van der Waals surface area contributed by atoms with Crippen molar-refractivity contribution in [3.05, 3.63) is 29.8 Å². The number of benzene rings is 1. The molecule has 1 saturated heterocycles. The monoisotopic (exact) mass is 336 g/mol. The molecular formula is C18H28N2O4. The Labute approximate surface area is 143 Å². The number of piperidine rings is 1. The average molecular weight is 336 g/mol. The molecule has 1 aliphatic heterocycles. The van der Waals surface area contributed by atoms with Crippen molar-refractivity contribution in [3.63, 3.8) is 0 Å². The number of amides is 1. The summed E-state index contributed by atoms with van der Waals surface area (Å²) >= 11 is 0. The molecule has 0 aliphatic carbocycles. The van der Waals surface area contributed by atoms with Gasteiger partial charge in [-0.2, -0.15) is 0 Å². The number of rotatable bonds is 7. The van der Waals surface area contributed by atoms with Crippen LogP contribution >= 0.6 is 0 Å². The normalized spacial score (nSPS) is 24.6. The molecule has 6 nitrogen and oxygen atoms in total. The van der Waals surface area contributed by atoms with Gasteiger partial charge in [0.05, 0.1) is 25.4 Å². The van der Waals surface area contributed by atoms with Crippen molar-refractivity contribution in [2.24, 2.45) is 0 Å². The fourth-order valence-electron chi connectivity index (χ4n) is 2.98. The molecule has 0 unspecified atom stereocenters. The second-order valence-electron chi connectivity index (χ2n) is 6.41. The van der Waals surface area contributed by atoms with Gasteiger partial charge in [0.25, 0.3) is 0 Å². The standard InChI is InChI=1S/C18H28N2O4/c1-3-18(23)9-11-20(12-16(18)21)13-17(22)19-10-8-14-4-6-15(24-2)7-5-14/h4-7,16,21,23H,3,8-13H2,1-2H3,(H,19,22)/t16-,18-/m1/s1. The predicted molar refractivity (Wildman–Crippen MR) is 92.0 cm³/mol. The van der Waals surface area contributed by atoms with E-state index in [-0.39, 0.29) is 12.5 Å². The lowest BCUT2D eigenvalue weighted by molar-refractivity contribution is -0.133. The molecule has 1 amide bonds. The number of hydrogen-bond acceptors (Lipinski definition) is 5. The van der Waals surface area contributed by atoms with Crippen LogP contribution in [0.15, 0.2) is 24.3 Å². The first-order chi connectivity index (χ1) is 11.5. The summed E-state index contributed by atoms with van der Waals surface area (Å²) in [5.74, 6) is 0.760. The molecule has 134 valence electrons. The van der Waals surface area contributed by atoms with E-state index in [4.69, 9.17) is 4.74 Å². The second-order valence-corrected chi connectivity index (χ2v) is 6.41. The Bertz CT molecular complexity index is 534. The van der Waals surface area contributed by atoms with Gasteiger partial charge >= 0.3 is 0 Å². The molecule has 1 fully saturated rings. The molecule has 1 heterocycles. The summed E-state index contributed by atoms with van der Waals surface area (Å²) in [6, 6.07) is 7.78. The maximum absolute atomic E-state index is 12.0. The third-order valence-corrected chi connectivity index (χ3v) is 4.79. The highest BCUT2D eigenvalue weighted by Crippen LogP contribution is 2.25. The SMILES string of the molecule is CC[C@@]1(O)CCN(CC(=O)NCCc2ccc(OC)cc2)C[C@H]1O. The minimum Gasteiger partial charge on any atom is -0.497 e. The van der Waals surface area contributed by atoms with Gasteiger partial charge in [-0.25, -0.2) is 0 Å². The Morgan fingerprint density at radius 3 is 2.71 bits per heavy atom. The summed E-state index contributed by atoms with van der Waals surface area (Å²) in [7, 11) is 1.63. The largest absolute Gasteiger partial charge is 0.497 e. The van der Waals surface area contributed by atoms with Crippen LogP contribution in [0.25, 0.3) is 0 Å². The molecule has 6 heteroatoms. The minimum atomic E-state index is -1.01. The number of likely N-dealkylation sites (tertiary alicyclic amines) is 1. The molecule has 3 N–H and O–H groups in total. The topological polar surface area (TPSA) is 82.0 Å². The number of carbonyl (C=O) groups is 1. The van der Waals surface area contributed by atoms with Crippen molar-refractivity contribution in [2.75, 3.05) is 33.3 Å². The Kier molecular flexibility index (Phi) is 6.60. The summed E-state index contributed by atoms with van der Waals surface area (Å²) in [5, 5.41) is 23.2. The number of aliphatic hydroxyl groups excluding tert-OH is 1. The Balaban J connectivity index is 1.70. The number of nitrogens with one attached hydrogen (secondary N) is 1. The van der Waals surface area contributed by atoms with Crippen molar-refractivity contribution in [2.45, 2.75) is 37.9 Å². The van der Waals surface area contributed by atoms with Gasteiger partial charge < -0.3 is 20.3 Å². The molecule has 0 saturated carbocycles. The summed E-state index contributed by atoms with van der Waals surface area (Å²) in [4.78, 5) is 13.9. The predicted octanol–water partition coefficient (Wildman–Crippen LogP) is 0.562. The van der Waals surface area contributed by atoms with Crippen LogP contribution in [0.3, 0.4) is 0 Å². The highest BCUT2D eigenvalue weighted by Gasteiger charge is 2.39. The Morgan fingerprint density at radius 2 is 2.12 bits per heavy atom. The van der Waals surface area contributed by atoms with Gasteiger partial charge in [-0.15, -0.1) is 0 Å². The summed E-state index contributed by atoms with van der Waals surface area (Å²) in [6.45, 7) is 3.63. The van der Waals surface area contributed by atoms with Crippen LogP contribution < -0.4 is 10.1 Å². The third-order valence-electron chi connectivity index (χ3n) is 4.79. The molecule has 0 radical (unpaired) electrons. The van der Waals surface area contributed by atoms with E-state index in [9.17, 15) is 15.0 Å². The molecule has 0 spiro atoms. The summed E-state index contributed by atoms with van der Waals surface area (Å²) < 4.78 is 5.11. The van der Waals surface area contributed by atoms with Crippen LogP contribution in [-0.2, 0) is 11.2 Å². The molecule has 2 atom stereocenters. The molecule has 1 aliphatic rings. The lowest BCUT2D eigenvalue weighted by Crippen LogP contribution is -2.56. The fraction of sp³-hybridized carbons (Fsp3) is 0.611. The lowest BCUT2D eigenvalue weighted by atomic mass is 9.86. The van der Waals surface area contributed by atoms with Crippen LogP contribution in [0.1, 0.15) is 25.3 Å². The van der Waals surface area contributed by atoms with Gasteiger partial charge in [0, 0.05) is 19.6 Å². The molecule has 0 aromatic heterocycles. The van der Waals surface area contributed by atoms with E-state index < -0.39 is 11.7 Å². The van der Waals surface area contributed by atoms with Crippen molar-refractivity contribution in [1.29, 1.82) is 0 Å². The smallest absolute Gasteiger partial charge is 0.234 e. The van der Waals surface area contributed by atoms with Crippen molar-refractivity contribution >= 4 is 5.91 Å². The number of hydrogen-bond donors (Lipinski definition) is 3. The summed E-state index contributed by atoms with van der Waals surface area (Å²) in [5.41, 5.74) is 0.124. The van der Waals surface area contributed by atoms with E-state index >= 15 is 0 Å². The molecule has 0 bridgehead atoms. The van der Waals surface area contributed by atoms with E-state index in [0.29, 0.717) is 32.5 Å². The minimum absolute atomic E-state index is 0.0577. The van der Waals surface area contributed by atoms with Crippen LogP contribution in [0.5, 0.6) is 5.75 Å². The first-order valence-corrected chi connectivity index (χ1v) is 8.49. The van der Waals surface area contributed by atoms with Gasteiger partial charge in [0.2, 0.25) is 5.91 Å². The van der Waals surface area contributed by atoms with E-state index in [2.05, 4.69) is 5.32 Å². The van der Waals surface area contributed by atoms with Crippen LogP contribution in [0.2, 0.25) is 0 Å². The van der Waals surface area contributed by atoms with E-state index in [1.54, 1.807) is 7.11 Å². The zero-order valence-electron chi connectivity index (χ0n) is 14.5. The van der Waals surface area contributed by atoms with Gasteiger partial charge in [-0.3, -0.25) is 9.69 Å². The number of ether oxygens (including phenoxy) is 1. The maximum atomic E-state index is 12.0. The third kappa shape index (κ3) is 4.93. The van der Waals surface area contributed by atoms with E-state index in [1.807, 2.05) is 36.1 Å². The van der Waals surface area contributed by atoms with E-state index in [1.165, 1.54) is 0 Å². The van der Waals surface area contributed by atoms with Crippen LogP contribution in [0.4, 0.5) is 0 Å². The number of β-amino-alcohol motifs (C(OH)–C–C–N with tert-alkyl or cyclic N) is 1. The van der Waals surface area contributed by atoms with Crippen molar-refractivity contribution in [1.82, 2.24) is 10.2 Å².